The van der Waals surface area contributed by atoms with Crippen molar-refractivity contribution in [3.05, 3.63) is 23.3 Å². The van der Waals surface area contributed by atoms with E-state index in [1.54, 1.807) is 26.0 Å². The Morgan fingerprint density at radius 1 is 1.15 bits per heavy atom. The summed E-state index contributed by atoms with van der Waals surface area (Å²) >= 11 is 0. The number of aryl methyl sites for hydroxylation is 1. The van der Waals surface area contributed by atoms with Crippen LogP contribution in [0.15, 0.2) is 12.1 Å². The highest BCUT2D eigenvalue weighted by Gasteiger charge is 2.15. The van der Waals surface area contributed by atoms with Gasteiger partial charge in [-0.05, 0) is 31.5 Å². The smallest absolute Gasteiger partial charge is 0.325 e. The molecule has 0 atom stereocenters. The van der Waals surface area contributed by atoms with Crippen molar-refractivity contribution >= 4 is 11.9 Å². The summed E-state index contributed by atoms with van der Waals surface area (Å²) in [7, 11) is 3.02. The van der Waals surface area contributed by atoms with Crippen LogP contribution in [0.4, 0.5) is 0 Å². The van der Waals surface area contributed by atoms with Crippen molar-refractivity contribution in [1.29, 1.82) is 0 Å². The molecule has 0 aliphatic heterocycles. The van der Waals surface area contributed by atoms with Gasteiger partial charge in [0.2, 0.25) is 0 Å². The van der Waals surface area contributed by atoms with Gasteiger partial charge in [0.05, 0.1) is 20.8 Å². The van der Waals surface area contributed by atoms with Crippen LogP contribution in [0, 0.1) is 6.92 Å². The zero-order chi connectivity index (χ0) is 15.1. The van der Waals surface area contributed by atoms with Crippen molar-refractivity contribution in [2.45, 2.75) is 13.8 Å². The molecule has 6 heteroatoms. The molecule has 0 aliphatic carbocycles. The Hall–Kier alpha value is -2.24. The summed E-state index contributed by atoms with van der Waals surface area (Å²) in [6, 6.07) is 3.28. The molecule has 0 aliphatic rings. The molecule has 1 aromatic rings. The van der Waals surface area contributed by atoms with E-state index < -0.39 is 5.97 Å². The van der Waals surface area contributed by atoms with Crippen molar-refractivity contribution in [3.8, 4) is 11.5 Å². The Kier molecular flexibility index (Phi) is 5.83. The Bertz CT molecular complexity index is 499. The summed E-state index contributed by atoms with van der Waals surface area (Å²) in [4.78, 5) is 23.2. The van der Waals surface area contributed by atoms with E-state index in [4.69, 9.17) is 14.2 Å². The topological polar surface area (TPSA) is 73.9 Å². The number of ether oxygens (including phenoxy) is 3. The second kappa shape index (κ2) is 7.37. The lowest BCUT2D eigenvalue weighted by molar-refractivity contribution is -0.141. The van der Waals surface area contributed by atoms with Crippen LogP contribution in [-0.4, -0.2) is 39.2 Å². The van der Waals surface area contributed by atoms with Crippen molar-refractivity contribution in [3.63, 3.8) is 0 Å². The number of esters is 1. The maximum atomic E-state index is 12.0. The second-order valence-corrected chi connectivity index (χ2v) is 4.01. The van der Waals surface area contributed by atoms with E-state index in [9.17, 15) is 9.59 Å². The van der Waals surface area contributed by atoms with Gasteiger partial charge >= 0.3 is 5.97 Å². The number of methoxy groups -OCH3 is 2. The van der Waals surface area contributed by atoms with Gasteiger partial charge in [-0.1, -0.05) is 0 Å². The largest absolute Gasteiger partial charge is 0.493 e. The molecule has 20 heavy (non-hydrogen) atoms. The maximum absolute atomic E-state index is 12.0. The number of carbonyl (C=O) groups excluding carboxylic acids is 2. The minimum Gasteiger partial charge on any atom is -0.493 e. The molecule has 0 heterocycles. The first-order chi connectivity index (χ1) is 9.53. The van der Waals surface area contributed by atoms with Crippen molar-refractivity contribution < 1.29 is 23.8 Å². The van der Waals surface area contributed by atoms with Gasteiger partial charge in [0.1, 0.15) is 6.54 Å². The number of amides is 1. The number of carbonyl (C=O) groups is 2. The quantitative estimate of drug-likeness (QED) is 0.796. The van der Waals surface area contributed by atoms with E-state index in [0.29, 0.717) is 17.1 Å². The highest BCUT2D eigenvalue weighted by Crippen LogP contribution is 2.30. The molecular formula is C14H19NO5. The third kappa shape index (κ3) is 3.88. The van der Waals surface area contributed by atoms with E-state index >= 15 is 0 Å². The van der Waals surface area contributed by atoms with Crippen LogP contribution in [-0.2, 0) is 9.53 Å². The molecule has 0 spiro atoms. The molecular weight excluding hydrogens is 262 g/mol. The average molecular weight is 281 g/mol. The summed E-state index contributed by atoms with van der Waals surface area (Å²) in [6.07, 6.45) is 0. The average Bonchev–Trinajstić information content (AvgIpc) is 2.44. The lowest BCUT2D eigenvalue weighted by Gasteiger charge is -2.12. The van der Waals surface area contributed by atoms with Gasteiger partial charge in [-0.25, -0.2) is 0 Å². The van der Waals surface area contributed by atoms with E-state index in [1.165, 1.54) is 14.2 Å². The molecule has 1 N–H and O–H groups in total. The fraction of sp³-hybridized carbons (Fsp3) is 0.429. The van der Waals surface area contributed by atoms with Gasteiger partial charge in [-0.3, -0.25) is 9.59 Å². The molecule has 0 saturated carbocycles. The SMILES string of the molecule is CCOC(=O)CNC(=O)c1cc(OC)c(OC)cc1C. The zero-order valence-corrected chi connectivity index (χ0v) is 12.1. The fourth-order valence-electron chi connectivity index (χ4n) is 1.68. The van der Waals surface area contributed by atoms with Gasteiger partial charge in [0, 0.05) is 5.56 Å². The Morgan fingerprint density at radius 3 is 2.30 bits per heavy atom. The van der Waals surface area contributed by atoms with Crippen molar-refractivity contribution in [1.82, 2.24) is 5.32 Å². The molecule has 0 saturated heterocycles. The molecule has 6 nitrogen and oxygen atoms in total. The Labute approximate surface area is 118 Å². The van der Waals surface area contributed by atoms with Crippen LogP contribution in [0.5, 0.6) is 11.5 Å². The number of hydrogen-bond acceptors (Lipinski definition) is 5. The number of hydrogen-bond donors (Lipinski definition) is 1. The van der Waals surface area contributed by atoms with Crippen LogP contribution >= 0.6 is 0 Å². The monoisotopic (exact) mass is 281 g/mol. The second-order valence-electron chi connectivity index (χ2n) is 4.01. The first kappa shape index (κ1) is 15.8. The van der Waals surface area contributed by atoms with Gasteiger partial charge in [-0.15, -0.1) is 0 Å². The van der Waals surface area contributed by atoms with E-state index in [1.807, 2.05) is 0 Å². The standard InChI is InChI=1S/C14H19NO5/c1-5-20-13(16)8-15-14(17)10-7-12(19-4)11(18-3)6-9(10)2/h6-7H,5,8H2,1-4H3,(H,15,17). The van der Waals surface area contributed by atoms with Gasteiger partial charge in [0.25, 0.3) is 5.91 Å². The lowest BCUT2D eigenvalue weighted by Crippen LogP contribution is -2.31. The summed E-state index contributed by atoms with van der Waals surface area (Å²) in [5.41, 5.74) is 1.15. The minimum atomic E-state index is -0.473. The Balaban J connectivity index is 2.85. The highest BCUT2D eigenvalue weighted by atomic mass is 16.5. The molecule has 0 radical (unpaired) electrons. The summed E-state index contributed by atoms with van der Waals surface area (Å²) < 4.78 is 15.0. The molecule has 0 unspecified atom stereocenters. The first-order valence-corrected chi connectivity index (χ1v) is 6.19. The van der Waals surface area contributed by atoms with E-state index in [-0.39, 0.29) is 19.1 Å². The third-order valence-corrected chi connectivity index (χ3v) is 2.67. The van der Waals surface area contributed by atoms with Crippen molar-refractivity contribution in [2.24, 2.45) is 0 Å². The van der Waals surface area contributed by atoms with Gasteiger partial charge in [0.15, 0.2) is 11.5 Å². The number of rotatable bonds is 6. The summed E-state index contributed by atoms with van der Waals surface area (Å²) in [5, 5.41) is 2.50. The van der Waals surface area contributed by atoms with Gasteiger partial charge in [-0.2, -0.15) is 0 Å². The van der Waals surface area contributed by atoms with Crippen LogP contribution in [0.1, 0.15) is 22.8 Å². The molecule has 0 fully saturated rings. The normalized spacial score (nSPS) is 9.80. The molecule has 110 valence electrons. The molecule has 1 aromatic carbocycles. The van der Waals surface area contributed by atoms with E-state index in [2.05, 4.69) is 5.32 Å². The first-order valence-electron chi connectivity index (χ1n) is 6.19. The van der Waals surface area contributed by atoms with Crippen LogP contribution in [0.3, 0.4) is 0 Å². The molecule has 1 rings (SSSR count). The van der Waals surface area contributed by atoms with Crippen LogP contribution in [0.2, 0.25) is 0 Å². The number of benzene rings is 1. The minimum absolute atomic E-state index is 0.166. The van der Waals surface area contributed by atoms with Crippen LogP contribution in [0.25, 0.3) is 0 Å². The van der Waals surface area contributed by atoms with Crippen molar-refractivity contribution in [2.75, 3.05) is 27.4 Å². The molecule has 1 amide bonds. The van der Waals surface area contributed by atoms with Crippen LogP contribution < -0.4 is 14.8 Å². The van der Waals surface area contributed by atoms with Gasteiger partial charge < -0.3 is 19.5 Å². The lowest BCUT2D eigenvalue weighted by atomic mass is 10.1. The summed E-state index contributed by atoms with van der Waals surface area (Å²) in [5.74, 6) is 0.168. The Morgan fingerprint density at radius 2 is 1.75 bits per heavy atom. The predicted octanol–water partition coefficient (Wildman–Crippen LogP) is 1.31. The predicted molar refractivity (Wildman–Crippen MR) is 73.2 cm³/mol. The third-order valence-electron chi connectivity index (χ3n) is 2.67. The maximum Gasteiger partial charge on any atom is 0.325 e. The van der Waals surface area contributed by atoms with E-state index in [0.717, 1.165) is 5.56 Å². The zero-order valence-electron chi connectivity index (χ0n) is 12.1. The summed E-state index contributed by atoms with van der Waals surface area (Å²) in [6.45, 7) is 3.60. The highest BCUT2D eigenvalue weighted by molar-refractivity contribution is 5.97. The molecule has 0 aromatic heterocycles. The number of nitrogens with one attached hydrogen (secondary N) is 1. The fourth-order valence-corrected chi connectivity index (χ4v) is 1.68. The molecule has 0 bridgehead atoms.